The van der Waals surface area contributed by atoms with Gasteiger partial charge in [0.15, 0.2) is 0 Å². The molecular weight excluding hydrogens is 433 g/mol. The number of carboxylic acids is 1. The van der Waals surface area contributed by atoms with Crippen molar-refractivity contribution >= 4 is 33.8 Å². The van der Waals surface area contributed by atoms with Gasteiger partial charge < -0.3 is 0 Å². The van der Waals surface area contributed by atoms with Crippen molar-refractivity contribution in [3.63, 3.8) is 0 Å². The van der Waals surface area contributed by atoms with Gasteiger partial charge in [0.05, 0.1) is 0 Å². The van der Waals surface area contributed by atoms with E-state index in [-0.39, 0.29) is 12.5 Å². The standard InChI is InChI=1S/C9H8NO3.3C4H9.Sn/c11-8(12)6-10-9(13)7-4-2-1-3-5-7;3*1-3-4-2;/h1-2,4-5H,6H2,(H,10,13)(H,11,12);3*1,3-4H2,2H3;. The van der Waals surface area contributed by atoms with E-state index in [1.54, 1.807) is 6.07 Å². The summed E-state index contributed by atoms with van der Waals surface area (Å²) < 4.78 is 5.50. The van der Waals surface area contributed by atoms with Crippen molar-refractivity contribution in [2.75, 3.05) is 6.54 Å². The first-order valence-electron chi connectivity index (χ1n) is 10.1. The van der Waals surface area contributed by atoms with Gasteiger partial charge in [-0.05, 0) is 0 Å². The first kappa shape index (κ1) is 23.0. The molecule has 0 unspecified atom stereocenters. The molecule has 0 radical (unpaired) electrons. The van der Waals surface area contributed by atoms with Gasteiger partial charge in [0, 0.05) is 0 Å². The van der Waals surface area contributed by atoms with Crippen molar-refractivity contribution in [3.8, 4) is 0 Å². The number of carbonyl (C=O) groups is 2. The summed E-state index contributed by atoms with van der Waals surface area (Å²) in [6.45, 7) is 6.43. The minimum absolute atomic E-state index is 0.282. The summed E-state index contributed by atoms with van der Waals surface area (Å²) in [5.74, 6) is -1.30. The van der Waals surface area contributed by atoms with Gasteiger partial charge in [0.25, 0.3) is 0 Å². The van der Waals surface area contributed by atoms with E-state index in [2.05, 4.69) is 38.2 Å². The predicted octanol–water partition coefficient (Wildman–Crippen LogP) is 4.56. The molecule has 0 aliphatic heterocycles. The number of rotatable bonds is 13. The number of nitrogens with one attached hydrogen (secondary N) is 1. The molecule has 1 amide bonds. The van der Waals surface area contributed by atoms with Crippen molar-refractivity contribution in [1.82, 2.24) is 5.32 Å². The van der Waals surface area contributed by atoms with Gasteiger partial charge in [0.2, 0.25) is 0 Å². The summed E-state index contributed by atoms with van der Waals surface area (Å²) in [6.07, 6.45) is 7.48. The first-order valence-corrected chi connectivity index (χ1v) is 17.6. The summed E-state index contributed by atoms with van der Waals surface area (Å²) in [6, 6.07) is 8.11. The Morgan fingerprint density at radius 3 is 1.96 bits per heavy atom. The normalized spacial score (nSPS) is 11.3. The third-order valence-corrected chi connectivity index (χ3v) is 20.8. The van der Waals surface area contributed by atoms with E-state index < -0.39 is 24.3 Å². The molecule has 0 aliphatic rings. The van der Waals surface area contributed by atoms with E-state index in [1.165, 1.54) is 55.4 Å². The van der Waals surface area contributed by atoms with E-state index in [4.69, 9.17) is 5.11 Å². The van der Waals surface area contributed by atoms with Crippen LogP contribution in [0, 0.1) is 0 Å². The fourth-order valence-electron chi connectivity index (χ4n) is 3.60. The molecule has 146 valence electrons. The maximum absolute atomic E-state index is 12.3. The molecule has 0 spiro atoms. The topological polar surface area (TPSA) is 66.4 Å². The number of amides is 1. The Hall–Kier alpha value is -1.04. The quantitative estimate of drug-likeness (QED) is 0.418. The van der Waals surface area contributed by atoms with Crippen molar-refractivity contribution in [2.24, 2.45) is 0 Å². The van der Waals surface area contributed by atoms with E-state index in [0.717, 1.165) is 0 Å². The molecule has 1 aromatic rings. The molecule has 1 rings (SSSR count). The molecular formula is C21H35NO3Sn. The molecule has 5 heteroatoms. The SMILES string of the molecule is CCC[CH2][Sn]([CH2]CCC)([CH2]CCC)[c]1cccc(C(=O)NCC(=O)O)c1. The van der Waals surface area contributed by atoms with Crippen molar-refractivity contribution in [1.29, 1.82) is 0 Å². The van der Waals surface area contributed by atoms with Gasteiger partial charge in [0.1, 0.15) is 0 Å². The maximum atomic E-state index is 12.3. The summed E-state index contributed by atoms with van der Waals surface area (Å²) in [7, 11) is 0. The monoisotopic (exact) mass is 469 g/mol. The Kier molecular flexibility index (Phi) is 10.9. The van der Waals surface area contributed by atoms with Gasteiger partial charge in [-0.3, -0.25) is 0 Å². The van der Waals surface area contributed by atoms with Crippen LogP contribution in [0.2, 0.25) is 13.3 Å². The summed E-state index contributed by atoms with van der Waals surface area (Å²) >= 11 is -2.56. The minimum atomic E-state index is -2.56. The van der Waals surface area contributed by atoms with E-state index >= 15 is 0 Å². The molecule has 0 saturated heterocycles. The number of benzene rings is 1. The molecule has 26 heavy (non-hydrogen) atoms. The average molecular weight is 468 g/mol. The molecule has 1 aromatic carbocycles. The Labute approximate surface area is 162 Å². The zero-order chi connectivity index (χ0) is 19.4. The fourth-order valence-corrected chi connectivity index (χ4v) is 19.6. The van der Waals surface area contributed by atoms with Gasteiger partial charge in [-0.1, -0.05) is 0 Å². The van der Waals surface area contributed by atoms with Crippen LogP contribution >= 0.6 is 0 Å². The number of hydrogen-bond donors (Lipinski definition) is 2. The third-order valence-electron chi connectivity index (χ3n) is 5.16. The number of aliphatic carboxylic acids is 1. The molecule has 0 atom stereocenters. The Balaban J connectivity index is 3.15. The molecule has 0 saturated carbocycles. The van der Waals surface area contributed by atoms with Gasteiger partial charge in [-0.25, -0.2) is 0 Å². The molecule has 0 aromatic heterocycles. The van der Waals surface area contributed by atoms with E-state index in [1.807, 2.05) is 6.07 Å². The van der Waals surface area contributed by atoms with Crippen LogP contribution in [0.5, 0.6) is 0 Å². The van der Waals surface area contributed by atoms with Crippen LogP contribution in [0.4, 0.5) is 0 Å². The van der Waals surface area contributed by atoms with Gasteiger partial charge in [-0.15, -0.1) is 0 Å². The van der Waals surface area contributed by atoms with Gasteiger partial charge >= 0.3 is 163 Å². The van der Waals surface area contributed by atoms with Crippen LogP contribution in [0.3, 0.4) is 0 Å². The van der Waals surface area contributed by atoms with E-state index in [0.29, 0.717) is 5.56 Å². The second-order valence-corrected chi connectivity index (χ2v) is 20.5. The third kappa shape index (κ3) is 7.29. The Morgan fingerprint density at radius 1 is 0.962 bits per heavy atom. The fraction of sp³-hybridized carbons (Fsp3) is 0.619. The van der Waals surface area contributed by atoms with Crippen LogP contribution < -0.4 is 8.90 Å². The van der Waals surface area contributed by atoms with Crippen LogP contribution in [0.25, 0.3) is 0 Å². The van der Waals surface area contributed by atoms with Crippen LogP contribution in [-0.2, 0) is 4.79 Å². The molecule has 0 aliphatic carbocycles. The number of unbranched alkanes of at least 4 members (excludes halogenated alkanes) is 3. The number of carboxylic acid groups (broad SMARTS) is 1. The Bertz CT molecular complexity index is 552. The zero-order valence-corrected chi connectivity index (χ0v) is 19.5. The molecule has 0 bridgehead atoms. The van der Waals surface area contributed by atoms with Crippen LogP contribution in [-0.4, -0.2) is 41.9 Å². The van der Waals surface area contributed by atoms with Crippen LogP contribution in [0.15, 0.2) is 24.3 Å². The molecule has 0 heterocycles. The van der Waals surface area contributed by atoms with Crippen molar-refractivity contribution in [3.05, 3.63) is 29.8 Å². The number of carbonyl (C=O) groups excluding carboxylic acids is 1. The first-order chi connectivity index (χ1) is 12.5. The summed E-state index contributed by atoms with van der Waals surface area (Å²) in [4.78, 5) is 23.0. The predicted molar refractivity (Wildman–Crippen MR) is 111 cm³/mol. The molecule has 4 nitrogen and oxygen atoms in total. The number of hydrogen-bond acceptors (Lipinski definition) is 2. The zero-order valence-electron chi connectivity index (χ0n) is 16.6. The summed E-state index contributed by atoms with van der Waals surface area (Å²) in [5, 5.41) is 11.3. The second kappa shape index (κ2) is 12.4. The average Bonchev–Trinajstić information content (AvgIpc) is 2.66. The second-order valence-electron chi connectivity index (χ2n) is 7.25. The summed E-state index contributed by atoms with van der Waals surface area (Å²) in [5.41, 5.74) is 0.606. The Morgan fingerprint density at radius 2 is 1.50 bits per heavy atom. The van der Waals surface area contributed by atoms with Crippen molar-refractivity contribution in [2.45, 2.75) is 72.6 Å². The molecule has 2 N–H and O–H groups in total. The van der Waals surface area contributed by atoms with Crippen LogP contribution in [0.1, 0.15) is 69.7 Å². The van der Waals surface area contributed by atoms with E-state index in [9.17, 15) is 9.59 Å². The van der Waals surface area contributed by atoms with Gasteiger partial charge in [-0.2, -0.15) is 0 Å². The molecule has 0 fully saturated rings. The van der Waals surface area contributed by atoms with Crippen molar-refractivity contribution < 1.29 is 14.7 Å².